The summed E-state index contributed by atoms with van der Waals surface area (Å²) in [5.41, 5.74) is 0. The van der Waals surface area contributed by atoms with E-state index in [1.54, 1.807) is 7.11 Å². The van der Waals surface area contributed by atoms with Gasteiger partial charge in [0.2, 0.25) is 0 Å². The van der Waals surface area contributed by atoms with Gasteiger partial charge in [-0.15, -0.1) is 0 Å². The smallest absolute Gasteiger partial charge is 0.162 e. The van der Waals surface area contributed by atoms with E-state index in [4.69, 9.17) is 14.2 Å². The van der Waals surface area contributed by atoms with Crippen molar-refractivity contribution in [1.82, 2.24) is 0 Å². The number of fused-ring (bicyclic) bond motifs is 2. The van der Waals surface area contributed by atoms with Gasteiger partial charge in [0.25, 0.3) is 0 Å². The lowest BCUT2D eigenvalue weighted by atomic mass is 10.1. The van der Waals surface area contributed by atoms with Crippen molar-refractivity contribution in [2.45, 2.75) is 0 Å². The standard InChI is InChI=1S/C13H11BrO3/c1-15-13-9-7-12-11(16-4-5-17-12)6-8(9)2-3-10(13)14/h2-3,6-7H,4-5H2,1H3. The fourth-order valence-corrected chi connectivity index (χ4v) is 2.52. The van der Waals surface area contributed by atoms with E-state index in [1.165, 1.54) is 0 Å². The minimum atomic E-state index is 0.592. The van der Waals surface area contributed by atoms with E-state index in [1.807, 2.05) is 24.3 Å². The van der Waals surface area contributed by atoms with Crippen molar-refractivity contribution in [3.63, 3.8) is 0 Å². The topological polar surface area (TPSA) is 27.7 Å². The normalized spacial score (nSPS) is 13.8. The van der Waals surface area contributed by atoms with Crippen LogP contribution in [0, 0.1) is 0 Å². The highest BCUT2D eigenvalue weighted by Gasteiger charge is 2.15. The number of hydrogen-bond acceptors (Lipinski definition) is 3. The summed E-state index contributed by atoms with van der Waals surface area (Å²) < 4.78 is 17.5. The molecule has 88 valence electrons. The zero-order valence-corrected chi connectivity index (χ0v) is 10.9. The first-order chi connectivity index (χ1) is 8.29. The summed E-state index contributed by atoms with van der Waals surface area (Å²) in [7, 11) is 1.66. The maximum Gasteiger partial charge on any atom is 0.162 e. The van der Waals surface area contributed by atoms with Crippen molar-refractivity contribution < 1.29 is 14.2 Å². The molecule has 0 amide bonds. The van der Waals surface area contributed by atoms with E-state index in [0.29, 0.717) is 13.2 Å². The van der Waals surface area contributed by atoms with Crippen LogP contribution in [0.5, 0.6) is 17.2 Å². The van der Waals surface area contributed by atoms with Crippen molar-refractivity contribution in [3.8, 4) is 17.2 Å². The number of benzene rings is 2. The molecule has 1 aliphatic rings. The first kappa shape index (κ1) is 10.7. The molecule has 4 heteroatoms. The second-order valence-electron chi connectivity index (χ2n) is 3.80. The molecular weight excluding hydrogens is 284 g/mol. The Bertz CT molecular complexity index is 580. The van der Waals surface area contributed by atoms with E-state index in [0.717, 1.165) is 32.5 Å². The maximum atomic E-state index is 5.58. The molecule has 0 saturated heterocycles. The van der Waals surface area contributed by atoms with Gasteiger partial charge in [-0.3, -0.25) is 0 Å². The van der Waals surface area contributed by atoms with Gasteiger partial charge < -0.3 is 14.2 Å². The SMILES string of the molecule is COc1c(Br)ccc2cc3c(cc12)OCCO3. The van der Waals surface area contributed by atoms with Crippen molar-refractivity contribution in [2.75, 3.05) is 20.3 Å². The third kappa shape index (κ3) is 1.72. The molecule has 0 radical (unpaired) electrons. The summed E-state index contributed by atoms with van der Waals surface area (Å²) in [4.78, 5) is 0. The molecule has 0 atom stereocenters. The Balaban J connectivity index is 2.30. The molecular formula is C13H11BrO3. The molecule has 0 saturated carbocycles. The lowest BCUT2D eigenvalue weighted by Gasteiger charge is -2.19. The minimum absolute atomic E-state index is 0.592. The van der Waals surface area contributed by atoms with Crippen molar-refractivity contribution in [3.05, 3.63) is 28.7 Å². The summed E-state index contributed by atoms with van der Waals surface area (Å²) in [5, 5.41) is 2.10. The van der Waals surface area contributed by atoms with Gasteiger partial charge in [0.15, 0.2) is 11.5 Å². The number of ether oxygens (including phenoxy) is 3. The van der Waals surface area contributed by atoms with Crippen LogP contribution in [0.3, 0.4) is 0 Å². The van der Waals surface area contributed by atoms with E-state index >= 15 is 0 Å². The van der Waals surface area contributed by atoms with Crippen molar-refractivity contribution in [1.29, 1.82) is 0 Å². The zero-order chi connectivity index (χ0) is 11.8. The van der Waals surface area contributed by atoms with Gasteiger partial charge in [0.05, 0.1) is 11.6 Å². The molecule has 0 fully saturated rings. The average Bonchev–Trinajstić information content (AvgIpc) is 2.36. The highest BCUT2D eigenvalue weighted by Crippen LogP contribution is 2.40. The van der Waals surface area contributed by atoms with Crippen molar-refractivity contribution >= 4 is 26.7 Å². The van der Waals surface area contributed by atoms with Gasteiger partial charge in [0.1, 0.15) is 19.0 Å². The summed E-state index contributed by atoms with van der Waals surface area (Å²) in [6, 6.07) is 7.95. The number of hydrogen-bond donors (Lipinski definition) is 0. The number of methoxy groups -OCH3 is 1. The van der Waals surface area contributed by atoms with Crippen LogP contribution in [0.25, 0.3) is 10.8 Å². The third-order valence-electron chi connectivity index (χ3n) is 2.79. The van der Waals surface area contributed by atoms with E-state index < -0.39 is 0 Å². The first-order valence-electron chi connectivity index (χ1n) is 5.35. The fraction of sp³-hybridized carbons (Fsp3) is 0.231. The van der Waals surface area contributed by atoms with Crippen LogP contribution in [0.2, 0.25) is 0 Å². The van der Waals surface area contributed by atoms with Gasteiger partial charge in [-0.2, -0.15) is 0 Å². The van der Waals surface area contributed by atoms with E-state index in [2.05, 4.69) is 15.9 Å². The van der Waals surface area contributed by atoms with Gasteiger partial charge in [-0.25, -0.2) is 0 Å². The highest BCUT2D eigenvalue weighted by atomic mass is 79.9. The first-order valence-corrected chi connectivity index (χ1v) is 6.15. The number of rotatable bonds is 1. The van der Waals surface area contributed by atoms with Gasteiger partial charge in [-0.1, -0.05) is 6.07 Å². The van der Waals surface area contributed by atoms with Gasteiger partial charge >= 0.3 is 0 Å². The van der Waals surface area contributed by atoms with Crippen molar-refractivity contribution in [2.24, 2.45) is 0 Å². The molecule has 0 spiro atoms. The number of halogens is 1. The molecule has 1 heterocycles. The van der Waals surface area contributed by atoms with Crippen LogP contribution in [-0.2, 0) is 0 Å². The average molecular weight is 295 g/mol. The molecule has 17 heavy (non-hydrogen) atoms. The van der Waals surface area contributed by atoms with Crippen LogP contribution in [-0.4, -0.2) is 20.3 Å². The van der Waals surface area contributed by atoms with Crippen LogP contribution < -0.4 is 14.2 Å². The molecule has 2 aromatic rings. The fourth-order valence-electron chi connectivity index (χ4n) is 2.01. The van der Waals surface area contributed by atoms with E-state index in [-0.39, 0.29) is 0 Å². The summed E-state index contributed by atoms with van der Waals surface area (Å²) in [6.07, 6.45) is 0. The second kappa shape index (κ2) is 4.11. The Labute approximate surface area is 107 Å². The largest absolute Gasteiger partial charge is 0.495 e. The summed E-state index contributed by atoms with van der Waals surface area (Å²) in [5.74, 6) is 2.40. The summed E-state index contributed by atoms with van der Waals surface area (Å²) >= 11 is 3.48. The molecule has 3 nitrogen and oxygen atoms in total. The van der Waals surface area contributed by atoms with Crippen LogP contribution in [0.4, 0.5) is 0 Å². The Morgan fingerprint density at radius 2 is 1.82 bits per heavy atom. The maximum absolute atomic E-state index is 5.58. The Morgan fingerprint density at radius 1 is 1.12 bits per heavy atom. The monoisotopic (exact) mass is 294 g/mol. The summed E-state index contributed by atoms with van der Waals surface area (Å²) in [6.45, 7) is 1.20. The molecule has 1 aliphatic heterocycles. The Hall–Kier alpha value is -1.42. The Morgan fingerprint density at radius 3 is 2.53 bits per heavy atom. The van der Waals surface area contributed by atoms with Crippen LogP contribution in [0.1, 0.15) is 0 Å². The molecule has 0 bridgehead atoms. The Kier molecular flexibility index (Phi) is 2.59. The predicted octanol–water partition coefficient (Wildman–Crippen LogP) is 3.38. The van der Waals surface area contributed by atoms with Crippen LogP contribution in [0.15, 0.2) is 28.7 Å². The zero-order valence-electron chi connectivity index (χ0n) is 9.33. The lowest BCUT2D eigenvalue weighted by Crippen LogP contribution is -2.15. The van der Waals surface area contributed by atoms with Crippen LogP contribution >= 0.6 is 15.9 Å². The third-order valence-corrected chi connectivity index (χ3v) is 3.41. The molecule has 0 aliphatic carbocycles. The predicted molar refractivity (Wildman–Crippen MR) is 69.2 cm³/mol. The lowest BCUT2D eigenvalue weighted by molar-refractivity contribution is 0.172. The van der Waals surface area contributed by atoms with Gasteiger partial charge in [-0.05, 0) is 39.5 Å². The highest BCUT2D eigenvalue weighted by molar-refractivity contribution is 9.10. The second-order valence-corrected chi connectivity index (χ2v) is 4.65. The van der Waals surface area contributed by atoms with Gasteiger partial charge in [0, 0.05) is 5.39 Å². The van der Waals surface area contributed by atoms with E-state index in [9.17, 15) is 0 Å². The minimum Gasteiger partial charge on any atom is -0.495 e. The quantitative estimate of drug-likeness (QED) is 0.807. The molecule has 2 aromatic carbocycles. The molecule has 0 unspecified atom stereocenters. The molecule has 3 rings (SSSR count). The molecule has 0 N–H and O–H groups in total. The molecule has 0 aromatic heterocycles.